The van der Waals surface area contributed by atoms with Gasteiger partial charge in [0.2, 0.25) is 17.7 Å². The highest BCUT2D eigenvalue weighted by Crippen LogP contribution is 2.23. The summed E-state index contributed by atoms with van der Waals surface area (Å²) in [5.41, 5.74) is 6.08. The number of primary amides is 1. The van der Waals surface area contributed by atoms with Crippen LogP contribution >= 0.6 is 0 Å². The molecule has 0 fully saturated rings. The van der Waals surface area contributed by atoms with Crippen molar-refractivity contribution >= 4 is 23.8 Å². The maximum Gasteiger partial charge on any atom is 0.408 e. The quantitative estimate of drug-likeness (QED) is 0.440. The molecule has 2 aromatic carbocycles. The van der Waals surface area contributed by atoms with Crippen LogP contribution in [0.3, 0.4) is 0 Å². The summed E-state index contributed by atoms with van der Waals surface area (Å²) < 4.78 is 5.27. The Labute approximate surface area is 212 Å². The van der Waals surface area contributed by atoms with Gasteiger partial charge in [-0.3, -0.25) is 14.4 Å². The van der Waals surface area contributed by atoms with Crippen molar-refractivity contribution in [3.05, 3.63) is 71.8 Å². The Bertz CT molecular complexity index is 1020. The van der Waals surface area contributed by atoms with E-state index in [0.29, 0.717) is 12.0 Å². The van der Waals surface area contributed by atoms with Crippen LogP contribution in [0.2, 0.25) is 0 Å². The molecule has 2 atom stereocenters. The van der Waals surface area contributed by atoms with Crippen LogP contribution in [0.25, 0.3) is 0 Å². The number of carbonyl (C=O) groups excluding carboxylic acids is 4. The predicted molar refractivity (Wildman–Crippen MR) is 136 cm³/mol. The Morgan fingerprint density at radius 1 is 0.972 bits per heavy atom. The summed E-state index contributed by atoms with van der Waals surface area (Å²) in [7, 11) is 0. The third-order valence-corrected chi connectivity index (χ3v) is 5.13. The van der Waals surface area contributed by atoms with Gasteiger partial charge in [-0.1, -0.05) is 67.6 Å². The van der Waals surface area contributed by atoms with Crippen LogP contribution < -0.4 is 16.4 Å². The molecule has 2 unspecified atom stereocenters. The van der Waals surface area contributed by atoms with Crippen LogP contribution in [0.5, 0.6) is 0 Å². The van der Waals surface area contributed by atoms with E-state index in [-0.39, 0.29) is 19.0 Å². The number of nitrogens with one attached hydrogen (secondary N) is 2. The highest BCUT2D eigenvalue weighted by Gasteiger charge is 2.36. The van der Waals surface area contributed by atoms with Crippen LogP contribution in [0.15, 0.2) is 60.7 Å². The van der Waals surface area contributed by atoms with Gasteiger partial charge in [0.1, 0.15) is 17.7 Å². The standard InChI is InChI=1S/C27H36N4O5/c1-5-16-31(25(34)21(17-22(28)32)30-26(35)36-27(2,3)4)23(20-14-10-7-11-15-20)24(33)29-18-19-12-8-6-9-13-19/h6-15,21,23H,5,16-18H2,1-4H3,(H2,28,32)(H,29,33)(H,30,35). The normalized spacial score (nSPS) is 12.7. The SMILES string of the molecule is CCCN(C(=O)C(CC(N)=O)NC(=O)OC(C)(C)C)C(C(=O)NCc1ccccc1)c1ccccc1. The highest BCUT2D eigenvalue weighted by molar-refractivity contribution is 5.94. The largest absolute Gasteiger partial charge is 0.444 e. The highest BCUT2D eigenvalue weighted by atomic mass is 16.6. The summed E-state index contributed by atoms with van der Waals surface area (Å²) in [5, 5.41) is 5.37. The topological polar surface area (TPSA) is 131 Å². The fourth-order valence-corrected chi connectivity index (χ4v) is 3.65. The van der Waals surface area contributed by atoms with E-state index >= 15 is 0 Å². The molecule has 4 amide bonds. The average Bonchev–Trinajstić information content (AvgIpc) is 2.81. The summed E-state index contributed by atoms with van der Waals surface area (Å²) in [6.07, 6.45) is -0.759. The molecule has 0 bridgehead atoms. The lowest BCUT2D eigenvalue weighted by atomic mass is 10.0. The van der Waals surface area contributed by atoms with E-state index in [1.807, 2.05) is 43.3 Å². The fraction of sp³-hybridized carbons (Fsp3) is 0.407. The summed E-state index contributed by atoms with van der Waals surface area (Å²) in [5.74, 6) is -1.77. The second-order valence-corrected chi connectivity index (χ2v) is 9.42. The molecule has 36 heavy (non-hydrogen) atoms. The maximum atomic E-state index is 13.7. The Kier molecular flexibility index (Phi) is 10.5. The second-order valence-electron chi connectivity index (χ2n) is 9.42. The summed E-state index contributed by atoms with van der Waals surface area (Å²) in [6, 6.07) is 16.0. The first-order valence-corrected chi connectivity index (χ1v) is 12.0. The van der Waals surface area contributed by atoms with Crippen molar-refractivity contribution in [3.63, 3.8) is 0 Å². The molecule has 0 saturated carbocycles. The third-order valence-electron chi connectivity index (χ3n) is 5.13. The van der Waals surface area contributed by atoms with Crippen molar-refractivity contribution in [2.45, 2.75) is 64.8 Å². The monoisotopic (exact) mass is 496 g/mol. The number of rotatable bonds is 11. The van der Waals surface area contributed by atoms with Gasteiger partial charge in [-0.05, 0) is 38.3 Å². The van der Waals surface area contributed by atoms with E-state index in [4.69, 9.17) is 10.5 Å². The van der Waals surface area contributed by atoms with Crippen LogP contribution in [0, 0.1) is 0 Å². The lowest BCUT2D eigenvalue weighted by Crippen LogP contribution is -2.54. The van der Waals surface area contributed by atoms with Crippen molar-refractivity contribution in [2.75, 3.05) is 6.54 Å². The molecule has 9 heteroatoms. The number of amides is 4. The molecule has 0 aliphatic rings. The zero-order valence-electron chi connectivity index (χ0n) is 21.3. The molecule has 0 spiro atoms. The molecule has 9 nitrogen and oxygen atoms in total. The average molecular weight is 497 g/mol. The fourth-order valence-electron chi connectivity index (χ4n) is 3.65. The number of hydrogen-bond acceptors (Lipinski definition) is 5. The van der Waals surface area contributed by atoms with Gasteiger partial charge in [-0.2, -0.15) is 0 Å². The Morgan fingerprint density at radius 3 is 2.08 bits per heavy atom. The van der Waals surface area contributed by atoms with Gasteiger partial charge in [0.05, 0.1) is 6.42 Å². The zero-order valence-corrected chi connectivity index (χ0v) is 21.3. The minimum Gasteiger partial charge on any atom is -0.444 e. The van der Waals surface area contributed by atoms with Gasteiger partial charge in [0, 0.05) is 13.1 Å². The first-order valence-electron chi connectivity index (χ1n) is 12.0. The lowest BCUT2D eigenvalue weighted by Gasteiger charge is -2.34. The van der Waals surface area contributed by atoms with Crippen molar-refractivity contribution < 1.29 is 23.9 Å². The molecule has 2 aromatic rings. The minimum absolute atomic E-state index is 0.211. The molecule has 0 heterocycles. The number of hydrogen-bond donors (Lipinski definition) is 3. The number of nitrogens with zero attached hydrogens (tertiary/aromatic N) is 1. The van der Waals surface area contributed by atoms with E-state index in [0.717, 1.165) is 5.56 Å². The Balaban J connectivity index is 2.38. The summed E-state index contributed by atoms with van der Waals surface area (Å²) in [6.45, 7) is 7.41. The molecule has 0 aliphatic heterocycles. The summed E-state index contributed by atoms with van der Waals surface area (Å²) >= 11 is 0. The zero-order chi connectivity index (χ0) is 26.7. The first-order chi connectivity index (χ1) is 17.0. The van der Waals surface area contributed by atoms with Gasteiger partial charge in [0.15, 0.2) is 0 Å². The molecule has 2 rings (SSSR count). The van der Waals surface area contributed by atoms with Gasteiger partial charge < -0.3 is 26.0 Å². The number of ether oxygens (including phenoxy) is 1. The number of carbonyl (C=O) groups is 4. The van der Waals surface area contributed by atoms with Crippen molar-refractivity contribution in [1.29, 1.82) is 0 Å². The molecule has 0 aliphatic carbocycles. The molecule has 0 saturated heterocycles. The number of alkyl carbamates (subject to hydrolysis) is 1. The maximum absolute atomic E-state index is 13.7. The van der Waals surface area contributed by atoms with Crippen LogP contribution in [-0.2, 0) is 25.7 Å². The third kappa shape index (κ3) is 9.05. The first kappa shape index (κ1) is 28.4. The van der Waals surface area contributed by atoms with Gasteiger partial charge in [-0.25, -0.2) is 4.79 Å². The molecule has 0 radical (unpaired) electrons. The molecule has 0 aromatic heterocycles. The van der Waals surface area contributed by atoms with Crippen molar-refractivity contribution in [2.24, 2.45) is 5.73 Å². The number of nitrogens with two attached hydrogens (primary N) is 1. The lowest BCUT2D eigenvalue weighted by molar-refractivity contribution is -0.143. The van der Waals surface area contributed by atoms with Crippen LogP contribution in [0.4, 0.5) is 4.79 Å². The van der Waals surface area contributed by atoms with E-state index in [2.05, 4.69) is 10.6 Å². The van der Waals surface area contributed by atoms with E-state index in [1.165, 1.54) is 4.90 Å². The summed E-state index contributed by atoms with van der Waals surface area (Å²) in [4.78, 5) is 52.8. The molecule has 4 N–H and O–H groups in total. The van der Waals surface area contributed by atoms with Crippen molar-refractivity contribution in [1.82, 2.24) is 15.5 Å². The number of benzene rings is 2. The van der Waals surface area contributed by atoms with Gasteiger partial charge in [-0.15, -0.1) is 0 Å². The van der Waals surface area contributed by atoms with Crippen molar-refractivity contribution in [3.8, 4) is 0 Å². The minimum atomic E-state index is -1.29. The van der Waals surface area contributed by atoms with Gasteiger partial charge >= 0.3 is 6.09 Å². The Hall–Kier alpha value is -3.88. The molecule has 194 valence electrons. The predicted octanol–water partition coefficient (Wildman–Crippen LogP) is 3.05. The molecular formula is C27H36N4O5. The van der Waals surface area contributed by atoms with Crippen LogP contribution in [-0.4, -0.2) is 46.9 Å². The van der Waals surface area contributed by atoms with E-state index in [1.54, 1.807) is 45.0 Å². The Morgan fingerprint density at radius 2 is 1.56 bits per heavy atom. The smallest absolute Gasteiger partial charge is 0.408 e. The van der Waals surface area contributed by atoms with Gasteiger partial charge in [0.25, 0.3) is 0 Å². The second kappa shape index (κ2) is 13.3. The van der Waals surface area contributed by atoms with E-state index < -0.39 is 42.0 Å². The van der Waals surface area contributed by atoms with Crippen LogP contribution in [0.1, 0.15) is 57.7 Å². The molecular weight excluding hydrogens is 460 g/mol. The van der Waals surface area contributed by atoms with E-state index in [9.17, 15) is 19.2 Å².